The summed E-state index contributed by atoms with van der Waals surface area (Å²) in [6.07, 6.45) is 3.64. The van der Waals surface area contributed by atoms with Gasteiger partial charge in [0, 0.05) is 37.0 Å². The summed E-state index contributed by atoms with van der Waals surface area (Å²) in [6.45, 7) is 2.35. The van der Waals surface area contributed by atoms with Crippen molar-refractivity contribution in [3.8, 4) is 0 Å². The van der Waals surface area contributed by atoms with Crippen molar-refractivity contribution in [2.75, 3.05) is 13.1 Å². The van der Waals surface area contributed by atoms with E-state index in [1.165, 1.54) is 0 Å². The van der Waals surface area contributed by atoms with Gasteiger partial charge >= 0.3 is 0 Å². The van der Waals surface area contributed by atoms with Gasteiger partial charge in [-0.2, -0.15) is 0 Å². The third kappa shape index (κ3) is 2.76. The molecule has 1 fully saturated rings. The Morgan fingerprint density at radius 1 is 1.42 bits per heavy atom. The third-order valence-electron chi connectivity index (χ3n) is 3.27. The molecule has 0 aliphatic carbocycles. The average molecular weight is 302 g/mol. The lowest BCUT2D eigenvalue weighted by molar-refractivity contribution is 0.417. The molecule has 2 heterocycles. The molecule has 0 amide bonds. The zero-order valence-electron chi connectivity index (χ0n) is 10.1. The van der Waals surface area contributed by atoms with Crippen LogP contribution in [0.4, 0.5) is 4.39 Å². The van der Waals surface area contributed by atoms with E-state index in [0.717, 1.165) is 18.9 Å². The zero-order chi connectivity index (χ0) is 12.5. The number of hydrogen-bond acceptors (Lipinski definition) is 2. The lowest BCUT2D eigenvalue weighted by Crippen LogP contribution is -2.41. The monoisotopic (exact) mass is 301 g/mol. The highest BCUT2D eigenvalue weighted by molar-refractivity contribution is 6.30. The molecule has 0 spiro atoms. The van der Waals surface area contributed by atoms with Crippen molar-refractivity contribution in [1.82, 2.24) is 14.9 Å². The van der Waals surface area contributed by atoms with Crippen molar-refractivity contribution in [1.29, 1.82) is 0 Å². The van der Waals surface area contributed by atoms with Crippen molar-refractivity contribution >= 4 is 24.0 Å². The summed E-state index contributed by atoms with van der Waals surface area (Å²) in [5.74, 6) is 1.10. The molecule has 0 radical (unpaired) electrons. The first-order valence-corrected chi connectivity index (χ1v) is 6.28. The molecule has 0 bridgehead atoms. The molecule has 3 nitrogen and oxygen atoms in total. The molecule has 0 unspecified atom stereocenters. The van der Waals surface area contributed by atoms with Gasteiger partial charge in [0.25, 0.3) is 0 Å². The van der Waals surface area contributed by atoms with E-state index in [4.69, 9.17) is 11.6 Å². The van der Waals surface area contributed by atoms with Crippen LogP contribution in [0.5, 0.6) is 0 Å². The maximum atomic E-state index is 13.8. The fourth-order valence-corrected chi connectivity index (χ4v) is 2.33. The Kier molecular flexibility index (Phi) is 4.45. The van der Waals surface area contributed by atoms with E-state index >= 15 is 0 Å². The van der Waals surface area contributed by atoms with Crippen LogP contribution in [0.15, 0.2) is 30.6 Å². The summed E-state index contributed by atoms with van der Waals surface area (Å²) in [6, 6.07) is 5.08. The first kappa shape index (κ1) is 14.3. The first-order chi connectivity index (χ1) is 8.75. The number of nitrogens with one attached hydrogen (secondary N) is 1. The molecule has 2 aromatic rings. The zero-order valence-corrected chi connectivity index (χ0v) is 11.7. The van der Waals surface area contributed by atoms with Crippen molar-refractivity contribution in [2.24, 2.45) is 0 Å². The van der Waals surface area contributed by atoms with E-state index in [9.17, 15) is 4.39 Å². The molecule has 3 rings (SSSR count). The highest BCUT2D eigenvalue weighted by Gasteiger charge is 2.23. The summed E-state index contributed by atoms with van der Waals surface area (Å²) < 4.78 is 15.8. The molecule has 0 atom stereocenters. The van der Waals surface area contributed by atoms with Gasteiger partial charge in [0.15, 0.2) is 0 Å². The van der Waals surface area contributed by atoms with Gasteiger partial charge < -0.3 is 9.88 Å². The van der Waals surface area contributed by atoms with Gasteiger partial charge in [-0.05, 0) is 6.07 Å². The standard InChI is InChI=1S/C13H13ClFN3.ClH/c14-11-3-1-2-9(12(11)15)8-18-5-4-17-13(18)10-6-16-7-10;/h1-5,10,16H,6-8H2;1H. The number of hydrogen-bond donors (Lipinski definition) is 1. The van der Waals surface area contributed by atoms with Crippen LogP contribution < -0.4 is 5.32 Å². The van der Waals surface area contributed by atoms with E-state index in [0.29, 0.717) is 18.0 Å². The predicted octanol–water partition coefficient (Wildman–Crippen LogP) is 2.83. The average Bonchev–Trinajstić information content (AvgIpc) is 2.71. The lowest BCUT2D eigenvalue weighted by atomic mass is 10.0. The summed E-state index contributed by atoms with van der Waals surface area (Å²) in [5, 5.41) is 3.38. The maximum absolute atomic E-state index is 13.8. The number of benzene rings is 1. The van der Waals surface area contributed by atoms with Gasteiger partial charge in [0.05, 0.1) is 11.6 Å². The number of halogens is 3. The van der Waals surface area contributed by atoms with Crippen molar-refractivity contribution in [2.45, 2.75) is 12.5 Å². The van der Waals surface area contributed by atoms with Crippen LogP contribution in [0, 0.1) is 5.82 Å². The molecule has 1 aliphatic rings. The number of aromatic nitrogens is 2. The van der Waals surface area contributed by atoms with Gasteiger partial charge in [-0.1, -0.05) is 23.7 Å². The normalized spacial score (nSPS) is 14.8. The molecular formula is C13H14Cl2FN3. The van der Waals surface area contributed by atoms with Gasteiger partial charge in [-0.3, -0.25) is 0 Å². The Labute approximate surface area is 122 Å². The van der Waals surface area contributed by atoms with Crippen LogP contribution in [0.2, 0.25) is 5.02 Å². The van der Waals surface area contributed by atoms with E-state index in [2.05, 4.69) is 10.3 Å². The topological polar surface area (TPSA) is 29.9 Å². The van der Waals surface area contributed by atoms with Crippen LogP contribution in [0.3, 0.4) is 0 Å². The SMILES string of the molecule is Cl.Fc1c(Cl)cccc1Cn1ccnc1C1CNC1. The first-order valence-electron chi connectivity index (χ1n) is 5.90. The molecule has 0 saturated carbocycles. The van der Waals surface area contributed by atoms with Gasteiger partial charge in [0.1, 0.15) is 11.6 Å². The second-order valence-corrected chi connectivity index (χ2v) is 4.89. The fraction of sp³-hybridized carbons (Fsp3) is 0.308. The third-order valence-corrected chi connectivity index (χ3v) is 3.56. The quantitative estimate of drug-likeness (QED) is 0.945. The van der Waals surface area contributed by atoms with E-state index < -0.39 is 0 Å². The maximum Gasteiger partial charge on any atom is 0.146 e. The van der Waals surface area contributed by atoms with Crippen molar-refractivity contribution < 1.29 is 4.39 Å². The fourth-order valence-electron chi connectivity index (χ4n) is 2.14. The number of rotatable bonds is 3. The highest BCUT2D eigenvalue weighted by Crippen LogP contribution is 2.22. The molecule has 1 aromatic carbocycles. The van der Waals surface area contributed by atoms with E-state index in [1.807, 2.05) is 10.8 Å². The van der Waals surface area contributed by atoms with Crippen LogP contribution in [0.25, 0.3) is 0 Å². The molecule has 1 N–H and O–H groups in total. The predicted molar refractivity (Wildman–Crippen MR) is 75.6 cm³/mol. The highest BCUT2D eigenvalue weighted by atomic mass is 35.5. The molecular weight excluding hydrogens is 288 g/mol. The molecule has 1 aromatic heterocycles. The summed E-state index contributed by atoms with van der Waals surface area (Å²) in [5.41, 5.74) is 0.592. The van der Waals surface area contributed by atoms with Crippen LogP contribution in [0.1, 0.15) is 17.3 Å². The largest absolute Gasteiger partial charge is 0.330 e. The minimum atomic E-state index is -0.342. The van der Waals surface area contributed by atoms with Crippen molar-refractivity contribution in [3.63, 3.8) is 0 Å². The summed E-state index contributed by atoms with van der Waals surface area (Å²) in [4.78, 5) is 4.35. The van der Waals surface area contributed by atoms with E-state index in [-0.39, 0.29) is 23.2 Å². The lowest BCUT2D eigenvalue weighted by Gasteiger charge is -2.27. The molecule has 6 heteroatoms. The number of nitrogens with zero attached hydrogens (tertiary/aromatic N) is 2. The summed E-state index contributed by atoms with van der Waals surface area (Å²) >= 11 is 5.78. The second kappa shape index (κ2) is 5.90. The van der Waals surface area contributed by atoms with Gasteiger partial charge in [-0.15, -0.1) is 12.4 Å². The van der Waals surface area contributed by atoms with E-state index in [1.54, 1.807) is 24.4 Å². The Balaban J connectivity index is 0.00000133. The molecule has 102 valence electrons. The van der Waals surface area contributed by atoms with Gasteiger partial charge in [-0.25, -0.2) is 9.37 Å². The second-order valence-electron chi connectivity index (χ2n) is 4.48. The Morgan fingerprint density at radius 2 is 2.21 bits per heavy atom. The molecule has 19 heavy (non-hydrogen) atoms. The smallest absolute Gasteiger partial charge is 0.146 e. The minimum absolute atomic E-state index is 0. The van der Waals surface area contributed by atoms with Crippen LogP contribution >= 0.6 is 24.0 Å². The molecule has 1 aliphatic heterocycles. The number of imidazole rings is 1. The van der Waals surface area contributed by atoms with Crippen molar-refractivity contribution in [3.05, 3.63) is 52.8 Å². The molecule has 1 saturated heterocycles. The van der Waals surface area contributed by atoms with Gasteiger partial charge in [0.2, 0.25) is 0 Å². The minimum Gasteiger partial charge on any atom is -0.330 e. The Bertz CT molecular complexity index is 567. The Hall–Kier alpha value is -1.10. The Morgan fingerprint density at radius 3 is 2.89 bits per heavy atom. The van der Waals surface area contributed by atoms with Crippen LogP contribution in [-0.4, -0.2) is 22.6 Å². The summed E-state index contributed by atoms with van der Waals surface area (Å²) in [7, 11) is 0. The van der Waals surface area contributed by atoms with Crippen LogP contribution in [-0.2, 0) is 6.54 Å².